The van der Waals surface area contributed by atoms with Crippen LogP contribution in [0.1, 0.15) is 70.7 Å². The van der Waals surface area contributed by atoms with E-state index in [2.05, 4.69) is 74.7 Å². The van der Waals surface area contributed by atoms with E-state index < -0.39 is 0 Å². The molecule has 218 valence electrons. The van der Waals surface area contributed by atoms with Gasteiger partial charge < -0.3 is 14.4 Å². The van der Waals surface area contributed by atoms with Crippen LogP contribution < -0.4 is 9.64 Å². The van der Waals surface area contributed by atoms with Crippen LogP contribution in [0, 0.1) is 5.92 Å². The Labute approximate surface area is 253 Å². The van der Waals surface area contributed by atoms with Crippen molar-refractivity contribution in [1.82, 2.24) is 0 Å². The topological polar surface area (TPSA) is 55.8 Å². The SMILES string of the molecule is COC(=O)c1ccc(N2C(=O)Cc3cc(OC)c(CC(C)C)cc3C2C2=CCC=C(C)C=C2)c(CCc2cccs2)c1. The van der Waals surface area contributed by atoms with Crippen molar-refractivity contribution < 1.29 is 19.1 Å². The normalized spacial score (nSPS) is 16.6. The van der Waals surface area contributed by atoms with E-state index in [-0.39, 0.29) is 24.3 Å². The molecule has 1 aliphatic carbocycles. The fourth-order valence-corrected chi connectivity index (χ4v) is 6.65. The van der Waals surface area contributed by atoms with Gasteiger partial charge in [0.15, 0.2) is 0 Å². The maximum absolute atomic E-state index is 14.2. The van der Waals surface area contributed by atoms with Crippen LogP contribution >= 0.6 is 11.3 Å². The number of hydrogen-bond acceptors (Lipinski definition) is 5. The van der Waals surface area contributed by atoms with Crippen molar-refractivity contribution in [3.8, 4) is 5.75 Å². The molecule has 3 aromatic rings. The largest absolute Gasteiger partial charge is 0.496 e. The highest BCUT2D eigenvalue weighted by Crippen LogP contribution is 2.44. The lowest BCUT2D eigenvalue weighted by atomic mass is 9.83. The molecule has 42 heavy (non-hydrogen) atoms. The fraction of sp³-hybridized carbons (Fsp3) is 0.333. The van der Waals surface area contributed by atoms with Crippen LogP contribution in [-0.4, -0.2) is 26.1 Å². The zero-order valence-corrected chi connectivity index (χ0v) is 25.9. The first-order valence-electron chi connectivity index (χ1n) is 14.6. The highest BCUT2D eigenvalue weighted by Gasteiger charge is 2.37. The number of nitrogens with zero attached hydrogens (tertiary/aromatic N) is 1. The van der Waals surface area contributed by atoms with Crippen molar-refractivity contribution in [2.24, 2.45) is 5.92 Å². The first-order chi connectivity index (χ1) is 20.3. The Morgan fingerprint density at radius 3 is 2.60 bits per heavy atom. The summed E-state index contributed by atoms with van der Waals surface area (Å²) in [6, 6.07) is 13.8. The van der Waals surface area contributed by atoms with Gasteiger partial charge in [-0.15, -0.1) is 11.3 Å². The van der Waals surface area contributed by atoms with Crippen LogP contribution in [0.2, 0.25) is 0 Å². The van der Waals surface area contributed by atoms with Gasteiger partial charge in [-0.05, 0) is 108 Å². The van der Waals surface area contributed by atoms with Gasteiger partial charge in [-0.1, -0.05) is 49.8 Å². The molecule has 6 heteroatoms. The molecule has 0 saturated carbocycles. The molecule has 1 aliphatic heterocycles. The van der Waals surface area contributed by atoms with Crippen LogP contribution in [0.4, 0.5) is 5.69 Å². The predicted molar refractivity (Wildman–Crippen MR) is 171 cm³/mol. The summed E-state index contributed by atoms with van der Waals surface area (Å²) in [4.78, 5) is 30.0. The Bertz CT molecular complexity index is 1560. The monoisotopic (exact) mass is 581 g/mol. The molecule has 0 bridgehead atoms. The minimum atomic E-state index is -0.382. The number of hydrogen-bond donors (Lipinski definition) is 0. The van der Waals surface area contributed by atoms with E-state index in [9.17, 15) is 9.59 Å². The molecule has 0 fully saturated rings. The lowest BCUT2D eigenvalue weighted by Gasteiger charge is -2.40. The number of benzene rings is 2. The van der Waals surface area contributed by atoms with Gasteiger partial charge in [-0.2, -0.15) is 0 Å². The van der Waals surface area contributed by atoms with Gasteiger partial charge in [0.25, 0.3) is 0 Å². The molecule has 1 amide bonds. The number of anilines is 1. The molecule has 2 heterocycles. The number of carbonyl (C=O) groups excluding carboxylic acids is 2. The van der Waals surface area contributed by atoms with E-state index in [0.29, 0.717) is 17.9 Å². The van der Waals surface area contributed by atoms with Gasteiger partial charge in [-0.3, -0.25) is 4.79 Å². The lowest BCUT2D eigenvalue weighted by Crippen LogP contribution is -2.42. The number of esters is 1. The molecule has 1 unspecified atom stereocenters. The van der Waals surface area contributed by atoms with Crippen molar-refractivity contribution in [2.75, 3.05) is 19.1 Å². The fourth-order valence-electron chi connectivity index (χ4n) is 5.94. The summed E-state index contributed by atoms with van der Waals surface area (Å²) in [5, 5.41) is 2.08. The molecule has 0 saturated heterocycles. The minimum absolute atomic E-state index is 0.0255. The highest BCUT2D eigenvalue weighted by molar-refractivity contribution is 7.09. The van der Waals surface area contributed by atoms with Gasteiger partial charge in [0.05, 0.1) is 32.2 Å². The van der Waals surface area contributed by atoms with Crippen molar-refractivity contribution in [1.29, 1.82) is 0 Å². The van der Waals surface area contributed by atoms with E-state index in [1.165, 1.54) is 17.6 Å². The number of fused-ring (bicyclic) bond motifs is 1. The number of allylic oxidation sites excluding steroid dienone is 4. The van der Waals surface area contributed by atoms with Gasteiger partial charge in [0.1, 0.15) is 5.75 Å². The van der Waals surface area contributed by atoms with Crippen LogP contribution in [-0.2, 0) is 35.2 Å². The number of ether oxygens (including phenoxy) is 2. The van der Waals surface area contributed by atoms with Crippen molar-refractivity contribution in [3.63, 3.8) is 0 Å². The van der Waals surface area contributed by atoms with Crippen molar-refractivity contribution in [3.05, 3.63) is 116 Å². The third kappa shape index (κ3) is 6.29. The maximum atomic E-state index is 14.2. The zero-order chi connectivity index (χ0) is 29.8. The first-order valence-corrected chi connectivity index (χ1v) is 15.5. The molecule has 5 nitrogen and oxygen atoms in total. The molecule has 2 aromatic carbocycles. The Balaban J connectivity index is 1.68. The molecule has 0 radical (unpaired) electrons. The smallest absolute Gasteiger partial charge is 0.337 e. The summed E-state index contributed by atoms with van der Waals surface area (Å²) in [5.41, 5.74) is 7.84. The van der Waals surface area contributed by atoms with E-state index in [4.69, 9.17) is 9.47 Å². The number of amides is 1. The molecule has 5 rings (SSSR count). The maximum Gasteiger partial charge on any atom is 0.337 e. The number of thiophene rings is 1. The van der Waals surface area contributed by atoms with E-state index in [1.54, 1.807) is 24.5 Å². The van der Waals surface area contributed by atoms with Crippen LogP contribution in [0.15, 0.2) is 83.3 Å². The Morgan fingerprint density at radius 1 is 1.05 bits per heavy atom. The van der Waals surface area contributed by atoms with E-state index in [1.807, 2.05) is 17.0 Å². The Hall–Kier alpha value is -3.90. The quantitative estimate of drug-likeness (QED) is 0.240. The van der Waals surface area contributed by atoms with Crippen LogP contribution in [0.25, 0.3) is 0 Å². The second-order valence-electron chi connectivity index (χ2n) is 11.4. The van der Waals surface area contributed by atoms with E-state index in [0.717, 1.165) is 58.5 Å². The third-order valence-corrected chi connectivity index (χ3v) is 8.90. The van der Waals surface area contributed by atoms with E-state index >= 15 is 0 Å². The summed E-state index contributed by atoms with van der Waals surface area (Å²) < 4.78 is 10.8. The highest BCUT2D eigenvalue weighted by atomic mass is 32.1. The van der Waals surface area contributed by atoms with Gasteiger partial charge in [0.2, 0.25) is 5.91 Å². The molecule has 2 aliphatic rings. The molecular weight excluding hydrogens is 542 g/mol. The Kier molecular flexibility index (Phi) is 9.12. The van der Waals surface area contributed by atoms with Crippen LogP contribution in [0.5, 0.6) is 5.75 Å². The standard InChI is InChI=1S/C36H39NO4S/c1-23(2)18-29-20-31-28(21-33(29)40-4)22-34(38)37(35(31)25-9-6-8-24(3)11-12-25)32-16-14-27(36(39)41-5)19-26(32)13-15-30-10-7-17-42-30/h7-12,14,16-17,19-21,23,35H,6,13,15,18,22H2,1-5H3. The third-order valence-electron chi connectivity index (χ3n) is 7.96. The van der Waals surface area contributed by atoms with Crippen LogP contribution in [0.3, 0.4) is 0 Å². The summed E-state index contributed by atoms with van der Waals surface area (Å²) in [7, 11) is 3.10. The average molecular weight is 582 g/mol. The number of rotatable bonds is 9. The predicted octanol–water partition coefficient (Wildman–Crippen LogP) is 7.99. The van der Waals surface area contributed by atoms with Gasteiger partial charge >= 0.3 is 5.97 Å². The Morgan fingerprint density at radius 2 is 1.88 bits per heavy atom. The molecular formula is C36H39NO4S. The first kappa shape index (κ1) is 29.6. The molecule has 0 spiro atoms. The van der Waals surface area contributed by atoms with Crippen molar-refractivity contribution >= 4 is 28.9 Å². The summed E-state index contributed by atoms with van der Waals surface area (Å²) >= 11 is 1.72. The molecule has 0 N–H and O–H groups in total. The van der Waals surface area contributed by atoms with Gasteiger partial charge in [-0.25, -0.2) is 4.79 Å². The minimum Gasteiger partial charge on any atom is -0.496 e. The number of methoxy groups -OCH3 is 2. The molecule has 1 atom stereocenters. The average Bonchev–Trinajstić information content (AvgIpc) is 3.41. The second kappa shape index (κ2) is 13.0. The van der Waals surface area contributed by atoms with Crippen molar-refractivity contribution in [2.45, 2.75) is 58.9 Å². The summed E-state index contributed by atoms with van der Waals surface area (Å²) in [6.45, 7) is 6.52. The van der Waals surface area contributed by atoms with Gasteiger partial charge in [0, 0.05) is 10.6 Å². The number of aryl methyl sites for hydroxylation is 2. The number of carbonyl (C=O) groups is 2. The summed E-state index contributed by atoms with van der Waals surface area (Å²) in [6.07, 6.45) is 12.2. The second-order valence-corrected chi connectivity index (χ2v) is 12.5. The lowest BCUT2D eigenvalue weighted by molar-refractivity contribution is -0.118. The zero-order valence-electron chi connectivity index (χ0n) is 25.1. The summed E-state index contributed by atoms with van der Waals surface area (Å²) in [5.74, 6) is 0.935. The molecule has 1 aromatic heterocycles.